The van der Waals surface area contributed by atoms with Crippen molar-refractivity contribution < 1.29 is 14.3 Å². The Labute approximate surface area is 202 Å². The molecule has 11 heteroatoms. The van der Waals surface area contributed by atoms with E-state index in [4.69, 9.17) is 9.47 Å². The number of amides is 1. The van der Waals surface area contributed by atoms with Gasteiger partial charge in [0, 0.05) is 33.0 Å². The minimum absolute atomic E-state index is 0.00993. The zero-order valence-corrected chi connectivity index (χ0v) is 20.2. The van der Waals surface area contributed by atoms with Crippen LogP contribution in [0.2, 0.25) is 0 Å². The van der Waals surface area contributed by atoms with E-state index in [1.807, 2.05) is 13.0 Å². The Morgan fingerprint density at radius 2 is 2.20 bits per heavy atom. The lowest BCUT2D eigenvalue weighted by atomic mass is 9.76. The second-order valence-corrected chi connectivity index (χ2v) is 9.28. The van der Waals surface area contributed by atoms with Gasteiger partial charge in [0.05, 0.1) is 30.5 Å². The van der Waals surface area contributed by atoms with Crippen molar-refractivity contribution in [2.24, 2.45) is 0 Å². The molecule has 186 valence electrons. The predicted octanol–water partition coefficient (Wildman–Crippen LogP) is 2.33. The lowest BCUT2D eigenvalue weighted by Gasteiger charge is -2.45. The molecule has 0 bridgehead atoms. The van der Waals surface area contributed by atoms with Crippen LogP contribution >= 0.6 is 0 Å². The van der Waals surface area contributed by atoms with Gasteiger partial charge in [-0.1, -0.05) is 0 Å². The molecule has 2 fully saturated rings. The summed E-state index contributed by atoms with van der Waals surface area (Å²) in [6, 6.07) is 5.23. The fraction of sp³-hybridized carbons (Fsp3) is 0.500. The fourth-order valence-corrected chi connectivity index (χ4v) is 4.74. The first kappa shape index (κ1) is 23.3. The summed E-state index contributed by atoms with van der Waals surface area (Å²) in [5.74, 6) is 0.787. The van der Waals surface area contributed by atoms with Gasteiger partial charge in [0.2, 0.25) is 0 Å². The maximum Gasteiger partial charge on any atom is 0.274 e. The van der Waals surface area contributed by atoms with Gasteiger partial charge in [-0.15, -0.1) is 0 Å². The van der Waals surface area contributed by atoms with Crippen molar-refractivity contribution >= 4 is 28.9 Å². The molecule has 0 spiro atoms. The smallest absolute Gasteiger partial charge is 0.274 e. The van der Waals surface area contributed by atoms with E-state index in [-0.39, 0.29) is 29.2 Å². The van der Waals surface area contributed by atoms with E-state index < -0.39 is 0 Å². The number of hydrogen-bond donors (Lipinski definition) is 3. The molecule has 0 unspecified atom stereocenters. The van der Waals surface area contributed by atoms with Crippen LogP contribution in [0.5, 0.6) is 0 Å². The quantitative estimate of drug-likeness (QED) is 0.470. The number of carbonyl (C=O) groups is 1. The number of fused-ring (bicyclic) bond motifs is 1. The summed E-state index contributed by atoms with van der Waals surface area (Å²) in [4.78, 5) is 30.9. The van der Waals surface area contributed by atoms with Gasteiger partial charge in [-0.3, -0.25) is 9.59 Å². The Morgan fingerprint density at radius 1 is 1.34 bits per heavy atom. The van der Waals surface area contributed by atoms with Crippen LogP contribution in [-0.4, -0.2) is 64.1 Å². The van der Waals surface area contributed by atoms with Crippen molar-refractivity contribution in [2.45, 2.75) is 50.3 Å². The van der Waals surface area contributed by atoms with Gasteiger partial charge in [-0.2, -0.15) is 9.61 Å². The summed E-state index contributed by atoms with van der Waals surface area (Å²) in [5, 5.41) is 13.6. The number of anilines is 3. The third kappa shape index (κ3) is 4.25. The van der Waals surface area contributed by atoms with E-state index in [9.17, 15) is 9.59 Å². The average molecular weight is 482 g/mol. The van der Waals surface area contributed by atoms with Crippen LogP contribution in [0.4, 0.5) is 17.3 Å². The molecule has 1 saturated carbocycles. The molecule has 11 nitrogen and oxygen atoms in total. The van der Waals surface area contributed by atoms with Crippen molar-refractivity contribution in [1.82, 2.24) is 24.5 Å². The molecule has 0 aromatic carbocycles. The number of nitrogens with zero attached hydrogens (tertiary/aromatic N) is 4. The SMILES string of the molecule is CNc1cc(Nc2cccn([C@@H]3CCCOC3)c2=O)nc2c(C(=O)N[C@H]3CC[C@]3(C)OC)cnn12. The lowest BCUT2D eigenvalue weighted by molar-refractivity contribution is -0.0828. The van der Waals surface area contributed by atoms with Gasteiger partial charge in [0.15, 0.2) is 5.65 Å². The Hall–Kier alpha value is -3.44. The Kier molecular flexibility index (Phi) is 6.20. The highest BCUT2D eigenvalue weighted by Gasteiger charge is 2.44. The summed E-state index contributed by atoms with van der Waals surface area (Å²) in [6.07, 6.45) is 6.86. The Morgan fingerprint density at radius 3 is 2.89 bits per heavy atom. The monoisotopic (exact) mass is 481 g/mol. The van der Waals surface area contributed by atoms with Crippen molar-refractivity contribution in [3.05, 3.63) is 46.5 Å². The molecular formula is C24H31N7O4. The Bertz CT molecular complexity index is 1290. The number of nitrogens with one attached hydrogen (secondary N) is 3. The van der Waals surface area contributed by atoms with Crippen LogP contribution in [0, 0.1) is 0 Å². The third-order valence-electron chi connectivity index (χ3n) is 7.18. The molecule has 0 radical (unpaired) electrons. The maximum absolute atomic E-state index is 13.2. The third-order valence-corrected chi connectivity index (χ3v) is 7.18. The predicted molar refractivity (Wildman–Crippen MR) is 132 cm³/mol. The van der Waals surface area contributed by atoms with Crippen molar-refractivity contribution in [3.63, 3.8) is 0 Å². The molecule has 1 aliphatic carbocycles. The number of rotatable bonds is 7. The maximum atomic E-state index is 13.2. The molecule has 2 aliphatic rings. The van der Waals surface area contributed by atoms with Crippen molar-refractivity contribution in [1.29, 1.82) is 0 Å². The van der Waals surface area contributed by atoms with E-state index in [0.29, 0.717) is 35.1 Å². The summed E-state index contributed by atoms with van der Waals surface area (Å²) in [6.45, 7) is 3.24. The molecule has 35 heavy (non-hydrogen) atoms. The number of methoxy groups -OCH3 is 1. The highest BCUT2D eigenvalue weighted by molar-refractivity contribution is 6.00. The van der Waals surface area contributed by atoms with Crippen LogP contribution < -0.4 is 21.5 Å². The van der Waals surface area contributed by atoms with Gasteiger partial charge in [-0.25, -0.2) is 4.98 Å². The van der Waals surface area contributed by atoms with E-state index in [2.05, 4.69) is 26.0 Å². The van der Waals surface area contributed by atoms with Crippen molar-refractivity contribution in [2.75, 3.05) is 38.0 Å². The van der Waals surface area contributed by atoms with Crippen LogP contribution in [0.25, 0.3) is 5.65 Å². The average Bonchev–Trinajstić information content (AvgIpc) is 3.31. The minimum Gasteiger partial charge on any atom is -0.379 e. The molecule has 1 saturated heterocycles. The highest BCUT2D eigenvalue weighted by atomic mass is 16.5. The molecule has 3 atom stereocenters. The van der Waals surface area contributed by atoms with Gasteiger partial charge >= 0.3 is 0 Å². The summed E-state index contributed by atoms with van der Waals surface area (Å²) >= 11 is 0. The standard InChI is InChI=1S/C24H31N7O4/c1-24(34-3)9-8-18(24)28-22(32)16-13-26-31-20(25-2)12-19(29-21(16)31)27-17-7-4-10-30(23(17)33)15-6-5-11-35-14-15/h4,7,10,12-13,15,18,25H,5-6,8-9,11,14H2,1-3H3,(H,27,29)(H,28,32)/t15-,18+,24+/m1/s1. The molecular weight excluding hydrogens is 450 g/mol. The van der Waals surface area contributed by atoms with Gasteiger partial charge in [0.1, 0.15) is 22.9 Å². The van der Waals surface area contributed by atoms with Gasteiger partial charge < -0.3 is 30.0 Å². The number of hydrogen-bond acceptors (Lipinski definition) is 8. The van der Waals surface area contributed by atoms with E-state index in [1.54, 1.807) is 41.6 Å². The second kappa shape index (κ2) is 9.31. The molecule has 4 heterocycles. The van der Waals surface area contributed by atoms with E-state index in [0.717, 1.165) is 32.3 Å². The summed E-state index contributed by atoms with van der Waals surface area (Å²) in [5.41, 5.74) is 0.609. The van der Waals surface area contributed by atoms with Crippen LogP contribution in [-0.2, 0) is 9.47 Å². The van der Waals surface area contributed by atoms with Crippen molar-refractivity contribution in [3.8, 4) is 0 Å². The van der Waals surface area contributed by atoms with Crippen LogP contribution in [0.3, 0.4) is 0 Å². The molecule has 3 N–H and O–H groups in total. The molecule has 3 aromatic rings. The second-order valence-electron chi connectivity index (χ2n) is 9.28. The number of ether oxygens (including phenoxy) is 2. The first-order valence-electron chi connectivity index (χ1n) is 11.9. The molecule has 1 amide bonds. The van der Waals surface area contributed by atoms with Gasteiger partial charge in [0.25, 0.3) is 11.5 Å². The minimum atomic E-state index is -0.370. The zero-order valence-electron chi connectivity index (χ0n) is 20.2. The largest absolute Gasteiger partial charge is 0.379 e. The summed E-state index contributed by atoms with van der Waals surface area (Å²) < 4.78 is 14.4. The number of aromatic nitrogens is 4. The van der Waals surface area contributed by atoms with E-state index >= 15 is 0 Å². The highest BCUT2D eigenvalue weighted by Crippen LogP contribution is 2.35. The zero-order chi connectivity index (χ0) is 24.6. The van der Waals surface area contributed by atoms with Crippen LogP contribution in [0.15, 0.2) is 35.4 Å². The molecule has 1 aliphatic heterocycles. The van der Waals surface area contributed by atoms with Crippen LogP contribution in [0.1, 0.15) is 49.0 Å². The van der Waals surface area contributed by atoms with Gasteiger partial charge in [-0.05, 0) is 44.7 Å². The first-order chi connectivity index (χ1) is 16.9. The fourth-order valence-electron chi connectivity index (χ4n) is 4.74. The molecule has 3 aromatic heterocycles. The lowest BCUT2D eigenvalue weighted by Crippen LogP contribution is -2.59. The first-order valence-corrected chi connectivity index (χ1v) is 11.9. The summed E-state index contributed by atoms with van der Waals surface area (Å²) in [7, 11) is 3.42. The number of pyridine rings is 1. The van der Waals surface area contributed by atoms with E-state index in [1.165, 1.54) is 6.20 Å². The topological polar surface area (TPSA) is 124 Å². The normalized spacial score (nSPS) is 24.1. The number of carbonyl (C=O) groups excluding carboxylic acids is 1. The Balaban J connectivity index is 1.45. The molecule has 5 rings (SSSR count).